The van der Waals surface area contributed by atoms with E-state index in [4.69, 9.17) is 0 Å². The van der Waals surface area contributed by atoms with Gasteiger partial charge in [0, 0.05) is 10.4 Å². The molecule has 1 atom stereocenters. The van der Waals surface area contributed by atoms with Gasteiger partial charge in [-0.3, -0.25) is 0 Å². The fourth-order valence-electron chi connectivity index (χ4n) is 2.34. The van der Waals surface area contributed by atoms with Gasteiger partial charge in [-0.2, -0.15) is 0 Å². The number of nitrogens with one attached hydrogen (secondary N) is 1. The minimum atomic E-state index is -0.0751. The Morgan fingerprint density at radius 3 is 2.60 bits per heavy atom. The lowest BCUT2D eigenvalue weighted by Crippen LogP contribution is -2.14. The van der Waals surface area contributed by atoms with Crippen molar-refractivity contribution in [2.24, 2.45) is 0 Å². The first-order chi connectivity index (χ1) is 9.78. The van der Waals surface area contributed by atoms with E-state index in [0.717, 1.165) is 11.3 Å². The van der Waals surface area contributed by atoms with Gasteiger partial charge < -0.3 is 10.4 Å². The maximum absolute atomic E-state index is 9.72. The zero-order valence-electron chi connectivity index (χ0n) is 11.3. The zero-order valence-corrected chi connectivity index (χ0v) is 12.2. The van der Waals surface area contributed by atoms with E-state index >= 15 is 0 Å². The molecule has 0 radical (unpaired) electrons. The van der Waals surface area contributed by atoms with Gasteiger partial charge in [0.05, 0.1) is 12.6 Å². The number of hydrogen-bond donors (Lipinski definition) is 2. The van der Waals surface area contributed by atoms with Crippen molar-refractivity contribution in [2.45, 2.75) is 13.0 Å². The summed E-state index contributed by atoms with van der Waals surface area (Å²) in [6, 6.07) is 16.5. The van der Waals surface area contributed by atoms with E-state index in [2.05, 4.69) is 41.9 Å². The molecule has 1 heterocycles. The molecule has 0 fully saturated rings. The first-order valence-electron chi connectivity index (χ1n) is 6.68. The molecule has 1 unspecified atom stereocenters. The van der Waals surface area contributed by atoms with Gasteiger partial charge in [0.2, 0.25) is 0 Å². The van der Waals surface area contributed by atoms with Crippen LogP contribution in [0.5, 0.6) is 0 Å². The van der Waals surface area contributed by atoms with Gasteiger partial charge in [0.1, 0.15) is 0 Å². The number of aryl methyl sites for hydroxylation is 1. The number of benzene rings is 2. The summed E-state index contributed by atoms with van der Waals surface area (Å²) in [6.45, 7) is 2.15. The first kappa shape index (κ1) is 13.2. The van der Waals surface area contributed by atoms with Crippen LogP contribution in [0.25, 0.3) is 10.1 Å². The van der Waals surface area contributed by atoms with Crippen LogP contribution < -0.4 is 5.32 Å². The fraction of sp³-hybridized carbons (Fsp3) is 0.176. The van der Waals surface area contributed by atoms with Crippen LogP contribution in [0, 0.1) is 6.92 Å². The number of rotatable bonds is 4. The van der Waals surface area contributed by atoms with E-state index in [1.165, 1.54) is 15.6 Å². The Morgan fingerprint density at radius 1 is 1.10 bits per heavy atom. The average Bonchev–Trinajstić information content (AvgIpc) is 2.91. The zero-order chi connectivity index (χ0) is 13.9. The largest absolute Gasteiger partial charge is 0.394 e. The van der Waals surface area contributed by atoms with E-state index < -0.39 is 0 Å². The molecule has 0 saturated heterocycles. The van der Waals surface area contributed by atoms with Crippen molar-refractivity contribution < 1.29 is 5.11 Å². The quantitative estimate of drug-likeness (QED) is 0.746. The molecule has 0 amide bonds. The molecule has 0 saturated carbocycles. The van der Waals surface area contributed by atoms with Crippen molar-refractivity contribution in [3.05, 3.63) is 65.0 Å². The Hall–Kier alpha value is -1.84. The Labute approximate surface area is 122 Å². The summed E-state index contributed by atoms with van der Waals surface area (Å²) in [5.74, 6) is 0. The molecule has 2 nitrogen and oxygen atoms in total. The summed E-state index contributed by atoms with van der Waals surface area (Å²) in [4.78, 5) is 0. The minimum absolute atomic E-state index is 0.0751. The predicted octanol–water partition coefficient (Wildman–Crippen LogP) is 4.36. The highest BCUT2D eigenvalue weighted by molar-refractivity contribution is 7.17. The highest BCUT2D eigenvalue weighted by atomic mass is 32.1. The van der Waals surface area contributed by atoms with E-state index in [0.29, 0.717) is 0 Å². The number of aliphatic hydroxyl groups excluding tert-OH is 1. The molecule has 0 spiro atoms. The predicted molar refractivity (Wildman–Crippen MR) is 86.5 cm³/mol. The molecule has 2 N–H and O–H groups in total. The number of hydrogen-bond acceptors (Lipinski definition) is 3. The van der Waals surface area contributed by atoms with Crippen LogP contribution in [0.4, 0.5) is 5.69 Å². The summed E-state index contributed by atoms with van der Waals surface area (Å²) >= 11 is 1.72. The van der Waals surface area contributed by atoms with Crippen LogP contribution >= 0.6 is 11.3 Å². The molecule has 1 aromatic heterocycles. The molecule has 0 aliphatic heterocycles. The van der Waals surface area contributed by atoms with Gasteiger partial charge in [-0.05, 0) is 41.5 Å². The standard InChI is InChI=1S/C17H17NOS/c1-12-6-8-13(9-7-12)18-16(10-19)15-11-20-17-5-3-2-4-14(15)17/h2-9,11,16,18-19H,10H2,1H3. The molecular formula is C17H17NOS. The van der Waals surface area contributed by atoms with Crippen LogP contribution in [0.15, 0.2) is 53.9 Å². The third-order valence-corrected chi connectivity index (χ3v) is 4.44. The van der Waals surface area contributed by atoms with Crippen molar-refractivity contribution in [3.8, 4) is 0 Å². The smallest absolute Gasteiger partial charge is 0.0759 e. The Bertz CT molecular complexity index is 702. The van der Waals surface area contributed by atoms with Crippen LogP contribution in [0.1, 0.15) is 17.2 Å². The monoisotopic (exact) mass is 283 g/mol. The highest BCUT2D eigenvalue weighted by Gasteiger charge is 2.14. The molecule has 3 heteroatoms. The molecule has 0 bridgehead atoms. The highest BCUT2D eigenvalue weighted by Crippen LogP contribution is 2.31. The van der Waals surface area contributed by atoms with Crippen LogP contribution in [0.2, 0.25) is 0 Å². The molecule has 102 valence electrons. The SMILES string of the molecule is Cc1ccc(NC(CO)c2csc3ccccc23)cc1. The van der Waals surface area contributed by atoms with Crippen molar-refractivity contribution >= 4 is 27.1 Å². The van der Waals surface area contributed by atoms with Gasteiger partial charge in [-0.15, -0.1) is 11.3 Å². The molecule has 0 aliphatic rings. The summed E-state index contributed by atoms with van der Waals surface area (Å²) in [6.07, 6.45) is 0. The number of thiophene rings is 1. The second-order valence-corrected chi connectivity index (χ2v) is 5.84. The van der Waals surface area contributed by atoms with E-state index in [-0.39, 0.29) is 12.6 Å². The van der Waals surface area contributed by atoms with Gasteiger partial charge >= 0.3 is 0 Å². The van der Waals surface area contributed by atoms with Gasteiger partial charge in [0.25, 0.3) is 0 Å². The van der Waals surface area contributed by atoms with E-state index in [1.807, 2.05) is 24.3 Å². The summed E-state index contributed by atoms with van der Waals surface area (Å²) in [5.41, 5.74) is 3.43. The first-order valence-corrected chi connectivity index (χ1v) is 7.56. The van der Waals surface area contributed by atoms with Crippen molar-refractivity contribution in [1.82, 2.24) is 0 Å². The van der Waals surface area contributed by atoms with Crippen LogP contribution in [0.3, 0.4) is 0 Å². The number of fused-ring (bicyclic) bond motifs is 1. The summed E-state index contributed by atoms with van der Waals surface area (Å²) in [7, 11) is 0. The molecule has 3 aromatic rings. The van der Waals surface area contributed by atoms with Crippen molar-refractivity contribution in [1.29, 1.82) is 0 Å². The maximum atomic E-state index is 9.72. The third kappa shape index (κ3) is 2.55. The molecule has 0 aliphatic carbocycles. The number of anilines is 1. The van der Waals surface area contributed by atoms with Crippen LogP contribution in [-0.4, -0.2) is 11.7 Å². The third-order valence-electron chi connectivity index (χ3n) is 3.46. The van der Waals surface area contributed by atoms with Crippen molar-refractivity contribution in [2.75, 3.05) is 11.9 Å². The van der Waals surface area contributed by atoms with Crippen molar-refractivity contribution in [3.63, 3.8) is 0 Å². The normalized spacial score (nSPS) is 12.5. The minimum Gasteiger partial charge on any atom is -0.394 e. The summed E-state index contributed by atoms with van der Waals surface area (Å²) in [5, 5.41) is 16.5. The Kier molecular flexibility index (Phi) is 3.72. The lowest BCUT2D eigenvalue weighted by molar-refractivity contribution is 0.277. The topological polar surface area (TPSA) is 32.3 Å². The van der Waals surface area contributed by atoms with E-state index in [1.54, 1.807) is 11.3 Å². The lowest BCUT2D eigenvalue weighted by Gasteiger charge is -2.17. The van der Waals surface area contributed by atoms with Gasteiger partial charge in [0.15, 0.2) is 0 Å². The second kappa shape index (κ2) is 5.65. The van der Waals surface area contributed by atoms with E-state index in [9.17, 15) is 5.11 Å². The molecular weight excluding hydrogens is 266 g/mol. The molecule has 2 aromatic carbocycles. The Balaban J connectivity index is 1.91. The summed E-state index contributed by atoms with van der Waals surface area (Å²) < 4.78 is 1.26. The molecule has 3 rings (SSSR count). The average molecular weight is 283 g/mol. The lowest BCUT2D eigenvalue weighted by atomic mass is 10.1. The second-order valence-electron chi connectivity index (χ2n) is 4.93. The maximum Gasteiger partial charge on any atom is 0.0759 e. The van der Waals surface area contributed by atoms with Gasteiger partial charge in [-0.25, -0.2) is 0 Å². The van der Waals surface area contributed by atoms with Gasteiger partial charge in [-0.1, -0.05) is 35.9 Å². The number of aliphatic hydroxyl groups is 1. The molecule has 20 heavy (non-hydrogen) atoms. The van der Waals surface area contributed by atoms with Crippen LogP contribution in [-0.2, 0) is 0 Å². The Morgan fingerprint density at radius 2 is 1.85 bits per heavy atom. The fourth-order valence-corrected chi connectivity index (χ4v) is 3.36.